The second-order valence-corrected chi connectivity index (χ2v) is 4.13. The highest BCUT2D eigenvalue weighted by Gasteiger charge is 2.06. The number of nitrogens with zero attached hydrogens (tertiary/aromatic N) is 3. The van der Waals surface area contributed by atoms with E-state index >= 15 is 0 Å². The smallest absolute Gasteiger partial charge is 0.220 e. The van der Waals surface area contributed by atoms with Crippen LogP contribution in [0.1, 0.15) is 25.6 Å². The van der Waals surface area contributed by atoms with E-state index in [1.807, 2.05) is 13.8 Å². The molecule has 2 aromatic heterocycles. The lowest BCUT2D eigenvalue weighted by molar-refractivity contribution is 0.458. The first-order valence-electron chi connectivity index (χ1n) is 5.59. The van der Waals surface area contributed by atoms with Crippen LogP contribution in [0.3, 0.4) is 0 Å². The summed E-state index contributed by atoms with van der Waals surface area (Å²) < 4.78 is 7.35. The molecule has 6 nitrogen and oxygen atoms in total. The molecule has 2 rings (SSSR count). The quantitative estimate of drug-likeness (QED) is 0.636. The Morgan fingerprint density at radius 2 is 2.22 bits per heavy atom. The molecule has 18 heavy (non-hydrogen) atoms. The zero-order valence-corrected chi connectivity index (χ0v) is 10.3. The van der Waals surface area contributed by atoms with Crippen LogP contribution >= 0.6 is 0 Å². The maximum atomic E-state index is 7.32. The molecule has 2 heterocycles. The van der Waals surface area contributed by atoms with Crippen LogP contribution in [-0.2, 0) is 0 Å². The second-order valence-electron chi connectivity index (χ2n) is 4.13. The minimum absolute atomic E-state index is 0.0849. The van der Waals surface area contributed by atoms with E-state index in [1.165, 1.54) is 0 Å². The molecule has 0 aliphatic carbocycles. The van der Waals surface area contributed by atoms with E-state index < -0.39 is 0 Å². The van der Waals surface area contributed by atoms with Gasteiger partial charge in [-0.2, -0.15) is 5.10 Å². The van der Waals surface area contributed by atoms with Crippen LogP contribution in [0.2, 0.25) is 0 Å². The highest BCUT2D eigenvalue weighted by atomic mass is 16.5. The Morgan fingerprint density at radius 1 is 1.44 bits per heavy atom. The number of nitrogens with two attached hydrogens (primary N) is 1. The SMILES string of the molecule is CC(C)n1cc(Oc2cccc(C(=N)N)n2)cn1. The molecule has 2 aromatic rings. The molecule has 0 spiro atoms. The van der Waals surface area contributed by atoms with Gasteiger partial charge in [0.15, 0.2) is 5.75 Å². The van der Waals surface area contributed by atoms with Crippen LogP contribution in [0, 0.1) is 5.41 Å². The number of hydrogen-bond acceptors (Lipinski definition) is 4. The third-order valence-electron chi connectivity index (χ3n) is 2.33. The molecule has 3 N–H and O–H groups in total. The minimum atomic E-state index is -0.0849. The maximum Gasteiger partial charge on any atom is 0.220 e. The molecule has 0 bridgehead atoms. The average molecular weight is 245 g/mol. The molecule has 0 unspecified atom stereocenters. The van der Waals surface area contributed by atoms with Gasteiger partial charge in [0, 0.05) is 12.1 Å². The number of hydrogen-bond donors (Lipinski definition) is 2. The van der Waals surface area contributed by atoms with Crippen LogP contribution in [0.25, 0.3) is 0 Å². The van der Waals surface area contributed by atoms with Gasteiger partial charge in [0.25, 0.3) is 0 Å². The molecular weight excluding hydrogens is 230 g/mol. The Morgan fingerprint density at radius 3 is 2.83 bits per heavy atom. The monoisotopic (exact) mass is 245 g/mol. The highest BCUT2D eigenvalue weighted by molar-refractivity contribution is 5.93. The largest absolute Gasteiger partial charge is 0.436 e. The lowest BCUT2D eigenvalue weighted by Crippen LogP contribution is -2.12. The van der Waals surface area contributed by atoms with Crippen molar-refractivity contribution in [2.24, 2.45) is 5.73 Å². The average Bonchev–Trinajstić information content (AvgIpc) is 2.78. The van der Waals surface area contributed by atoms with Gasteiger partial charge >= 0.3 is 0 Å². The number of pyridine rings is 1. The lowest BCUT2D eigenvalue weighted by Gasteiger charge is -2.04. The number of ether oxygens (including phenoxy) is 1. The molecule has 0 atom stereocenters. The number of nitrogen functional groups attached to an aromatic ring is 1. The van der Waals surface area contributed by atoms with Crippen molar-refractivity contribution in [1.82, 2.24) is 14.8 Å². The Balaban J connectivity index is 2.17. The first kappa shape index (κ1) is 12.1. The maximum absolute atomic E-state index is 7.32. The Bertz CT molecular complexity index is 561. The summed E-state index contributed by atoms with van der Waals surface area (Å²) in [4.78, 5) is 4.11. The van der Waals surface area contributed by atoms with E-state index in [2.05, 4.69) is 10.1 Å². The number of amidine groups is 1. The first-order chi connectivity index (χ1) is 8.56. The van der Waals surface area contributed by atoms with Gasteiger partial charge in [-0.25, -0.2) is 4.98 Å². The summed E-state index contributed by atoms with van der Waals surface area (Å²) in [6.45, 7) is 4.07. The van der Waals surface area contributed by atoms with E-state index in [4.69, 9.17) is 15.9 Å². The summed E-state index contributed by atoms with van der Waals surface area (Å²) in [6, 6.07) is 5.39. The molecule has 6 heteroatoms. The summed E-state index contributed by atoms with van der Waals surface area (Å²) in [5.41, 5.74) is 5.76. The highest BCUT2D eigenvalue weighted by Crippen LogP contribution is 2.19. The van der Waals surface area contributed by atoms with Gasteiger partial charge in [0.2, 0.25) is 5.88 Å². The van der Waals surface area contributed by atoms with E-state index in [-0.39, 0.29) is 11.9 Å². The summed E-state index contributed by atoms with van der Waals surface area (Å²) >= 11 is 0. The van der Waals surface area contributed by atoms with Crippen molar-refractivity contribution in [2.75, 3.05) is 0 Å². The van der Waals surface area contributed by atoms with E-state index in [9.17, 15) is 0 Å². The molecule has 0 aromatic carbocycles. The Labute approximate surface area is 105 Å². The molecule has 0 saturated heterocycles. The molecule has 0 saturated carbocycles. The lowest BCUT2D eigenvalue weighted by atomic mass is 10.3. The Hall–Kier alpha value is -2.37. The van der Waals surface area contributed by atoms with Crippen LogP contribution in [0.4, 0.5) is 0 Å². The van der Waals surface area contributed by atoms with Crippen molar-refractivity contribution in [3.05, 3.63) is 36.3 Å². The zero-order chi connectivity index (χ0) is 13.1. The van der Waals surface area contributed by atoms with Crippen LogP contribution < -0.4 is 10.5 Å². The fourth-order valence-corrected chi connectivity index (χ4v) is 1.40. The van der Waals surface area contributed by atoms with Gasteiger partial charge < -0.3 is 10.5 Å². The topological polar surface area (TPSA) is 89.8 Å². The van der Waals surface area contributed by atoms with Crippen molar-refractivity contribution < 1.29 is 4.74 Å². The standard InChI is InChI=1S/C12H15N5O/c1-8(2)17-7-9(6-15-17)18-11-5-3-4-10(16-11)12(13)14/h3-8H,1-2H3,(H3,13,14). The van der Waals surface area contributed by atoms with Crippen LogP contribution in [0.15, 0.2) is 30.6 Å². The van der Waals surface area contributed by atoms with Crippen molar-refractivity contribution in [1.29, 1.82) is 5.41 Å². The molecule has 0 amide bonds. The molecule has 94 valence electrons. The van der Waals surface area contributed by atoms with Gasteiger partial charge in [0.05, 0.1) is 12.4 Å². The van der Waals surface area contributed by atoms with E-state index in [0.29, 0.717) is 17.3 Å². The van der Waals surface area contributed by atoms with Gasteiger partial charge in [-0.05, 0) is 19.9 Å². The number of rotatable bonds is 4. The molecular formula is C12H15N5O. The number of aromatic nitrogens is 3. The number of nitrogens with one attached hydrogen (secondary N) is 1. The van der Waals surface area contributed by atoms with E-state index in [0.717, 1.165) is 0 Å². The second kappa shape index (κ2) is 4.87. The van der Waals surface area contributed by atoms with Gasteiger partial charge in [-0.3, -0.25) is 10.1 Å². The van der Waals surface area contributed by atoms with Gasteiger partial charge in [0.1, 0.15) is 11.5 Å². The third-order valence-corrected chi connectivity index (χ3v) is 2.33. The van der Waals surface area contributed by atoms with Crippen molar-refractivity contribution in [3.63, 3.8) is 0 Å². The predicted octanol–water partition coefficient (Wildman–Crippen LogP) is 1.94. The zero-order valence-electron chi connectivity index (χ0n) is 10.3. The predicted molar refractivity (Wildman–Crippen MR) is 67.9 cm³/mol. The summed E-state index contributed by atoms with van der Waals surface area (Å²) in [5.74, 6) is 0.918. The third kappa shape index (κ3) is 2.65. The summed E-state index contributed by atoms with van der Waals surface area (Å²) in [6.07, 6.45) is 3.43. The fraction of sp³-hybridized carbons (Fsp3) is 0.250. The summed E-state index contributed by atoms with van der Waals surface area (Å²) in [5, 5.41) is 11.5. The molecule has 0 aliphatic heterocycles. The van der Waals surface area contributed by atoms with Gasteiger partial charge in [-0.1, -0.05) is 6.07 Å². The molecule has 0 aliphatic rings. The van der Waals surface area contributed by atoms with E-state index in [1.54, 1.807) is 35.3 Å². The fourth-order valence-electron chi connectivity index (χ4n) is 1.40. The molecule has 0 fully saturated rings. The molecule has 0 radical (unpaired) electrons. The Kier molecular flexibility index (Phi) is 3.27. The minimum Gasteiger partial charge on any atom is -0.436 e. The normalized spacial score (nSPS) is 10.6. The van der Waals surface area contributed by atoms with Crippen molar-refractivity contribution in [3.8, 4) is 11.6 Å². The first-order valence-corrected chi connectivity index (χ1v) is 5.59. The summed E-state index contributed by atoms with van der Waals surface area (Å²) in [7, 11) is 0. The van der Waals surface area contributed by atoms with Crippen molar-refractivity contribution in [2.45, 2.75) is 19.9 Å². The van der Waals surface area contributed by atoms with Crippen LogP contribution in [0.5, 0.6) is 11.6 Å². The van der Waals surface area contributed by atoms with Crippen molar-refractivity contribution >= 4 is 5.84 Å². The van der Waals surface area contributed by atoms with Crippen LogP contribution in [-0.4, -0.2) is 20.6 Å². The van der Waals surface area contributed by atoms with Gasteiger partial charge in [-0.15, -0.1) is 0 Å².